The second-order valence-corrected chi connectivity index (χ2v) is 7.87. The molecular formula is C23H27N3O5S. The third kappa shape index (κ3) is 5.12. The molecule has 1 heterocycles. The van der Waals surface area contributed by atoms with E-state index in [9.17, 15) is 4.79 Å². The molecule has 3 aromatic rings. The summed E-state index contributed by atoms with van der Waals surface area (Å²) in [6.45, 7) is 0.941. The predicted molar refractivity (Wildman–Crippen MR) is 123 cm³/mol. The van der Waals surface area contributed by atoms with Gasteiger partial charge in [0.05, 0.1) is 33.4 Å². The molecule has 0 aliphatic heterocycles. The third-order valence-corrected chi connectivity index (χ3v) is 5.55. The second kappa shape index (κ2) is 10.8. The van der Waals surface area contributed by atoms with Crippen molar-refractivity contribution in [3.05, 3.63) is 58.0 Å². The first kappa shape index (κ1) is 23.4. The summed E-state index contributed by atoms with van der Waals surface area (Å²) in [5.74, 6) is 1.54. The molecule has 9 heteroatoms. The molecule has 0 spiro atoms. The average molecular weight is 458 g/mol. The van der Waals surface area contributed by atoms with Crippen LogP contribution in [0.25, 0.3) is 0 Å². The van der Waals surface area contributed by atoms with Crippen molar-refractivity contribution in [3.8, 4) is 28.7 Å². The van der Waals surface area contributed by atoms with Crippen molar-refractivity contribution in [2.75, 3.05) is 34.9 Å². The molecular weight excluding hydrogens is 430 g/mol. The molecule has 32 heavy (non-hydrogen) atoms. The van der Waals surface area contributed by atoms with Gasteiger partial charge < -0.3 is 29.6 Å². The monoisotopic (exact) mass is 457 g/mol. The maximum atomic E-state index is 13.3. The van der Waals surface area contributed by atoms with Gasteiger partial charge in [-0.2, -0.15) is 0 Å². The average Bonchev–Trinajstić information content (AvgIpc) is 3.32. The zero-order valence-corrected chi connectivity index (χ0v) is 19.4. The molecule has 1 aromatic heterocycles. The SMILES string of the molecule is COc1c(Oc2ccc(CCN)cc2)cc(C(=O)N(C)Cc2nccs2)c(OC)c1OC. The van der Waals surface area contributed by atoms with E-state index in [0.717, 1.165) is 17.0 Å². The number of carbonyl (C=O) groups excluding carboxylic acids is 1. The lowest BCUT2D eigenvalue weighted by Gasteiger charge is -2.22. The van der Waals surface area contributed by atoms with Gasteiger partial charge in [0.2, 0.25) is 11.5 Å². The smallest absolute Gasteiger partial charge is 0.258 e. The highest BCUT2D eigenvalue weighted by Gasteiger charge is 2.27. The van der Waals surface area contributed by atoms with Crippen LogP contribution in [0.1, 0.15) is 20.9 Å². The molecule has 0 radical (unpaired) electrons. The Bertz CT molecular complexity index is 1040. The van der Waals surface area contributed by atoms with Crippen LogP contribution in [0, 0.1) is 0 Å². The minimum Gasteiger partial charge on any atom is -0.492 e. The summed E-state index contributed by atoms with van der Waals surface area (Å²) in [4.78, 5) is 19.1. The number of aromatic nitrogens is 1. The van der Waals surface area contributed by atoms with Gasteiger partial charge in [0.15, 0.2) is 11.5 Å². The third-order valence-electron chi connectivity index (χ3n) is 4.79. The minimum absolute atomic E-state index is 0.263. The molecule has 0 saturated heterocycles. The van der Waals surface area contributed by atoms with Crippen molar-refractivity contribution in [2.24, 2.45) is 5.73 Å². The number of hydrogen-bond acceptors (Lipinski definition) is 8. The quantitative estimate of drug-likeness (QED) is 0.495. The van der Waals surface area contributed by atoms with Gasteiger partial charge in [0, 0.05) is 24.7 Å². The molecule has 8 nitrogen and oxygen atoms in total. The fourth-order valence-electron chi connectivity index (χ4n) is 3.24. The molecule has 0 bridgehead atoms. The van der Waals surface area contributed by atoms with Crippen LogP contribution in [0.5, 0.6) is 28.7 Å². The molecule has 170 valence electrons. The van der Waals surface area contributed by atoms with Crippen LogP contribution in [0.3, 0.4) is 0 Å². The molecule has 0 atom stereocenters. The van der Waals surface area contributed by atoms with Crippen LogP contribution in [0.2, 0.25) is 0 Å². The standard InChI is InChI=1S/C23H27N3O5S/c1-26(14-19-25-11-12-32-19)23(27)17-13-18(21(29-3)22(30-4)20(17)28-2)31-16-7-5-15(6-8-16)9-10-24/h5-8,11-13H,9-10,14,24H2,1-4H3. The van der Waals surface area contributed by atoms with Crippen LogP contribution in [-0.2, 0) is 13.0 Å². The lowest BCUT2D eigenvalue weighted by Crippen LogP contribution is -2.26. The number of thiazole rings is 1. The van der Waals surface area contributed by atoms with Crippen molar-refractivity contribution in [1.82, 2.24) is 9.88 Å². The molecule has 0 aliphatic rings. The fourth-order valence-corrected chi connectivity index (χ4v) is 3.91. The van der Waals surface area contributed by atoms with Crippen molar-refractivity contribution >= 4 is 17.2 Å². The molecule has 2 aromatic carbocycles. The van der Waals surface area contributed by atoms with Gasteiger partial charge in [-0.1, -0.05) is 12.1 Å². The van der Waals surface area contributed by atoms with Crippen LogP contribution in [0.4, 0.5) is 0 Å². The summed E-state index contributed by atoms with van der Waals surface area (Å²) in [6.07, 6.45) is 2.49. The molecule has 0 unspecified atom stereocenters. The number of carbonyl (C=O) groups is 1. The molecule has 0 fully saturated rings. The number of rotatable bonds is 10. The van der Waals surface area contributed by atoms with Crippen LogP contribution < -0.4 is 24.7 Å². The lowest BCUT2D eigenvalue weighted by molar-refractivity contribution is 0.0780. The van der Waals surface area contributed by atoms with Crippen LogP contribution >= 0.6 is 11.3 Å². The largest absolute Gasteiger partial charge is 0.492 e. The van der Waals surface area contributed by atoms with E-state index < -0.39 is 0 Å². The number of ether oxygens (including phenoxy) is 4. The van der Waals surface area contributed by atoms with Crippen LogP contribution in [0.15, 0.2) is 41.9 Å². The Labute approximate surface area is 191 Å². The number of methoxy groups -OCH3 is 3. The number of hydrogen-bond donors (Lipinski definition) is 1. The normalized spacial score (nSPS) is 10.5. The van der Waals surface area contributed by atoms with E-state index in [1.165, 1.54) is 32.7 Å². The van der Waals surface area contributed by atoms with Crippen molar-refractivity contribution in [3.63, 3.8) is 0 Å². The number of nitrogens with zero attached hydrogens (tertiary/aromatic N) is 2. The maximum Gasteiger partial charge on any atom is 0.258 e. The first-order valence-corrected chi connectivity index (χ1v) is 10.8. The summed E-state index contributed by atoms with van der Waals surface area (Å²) in [5, 5.41) is 2.70. The summed E-state index contributed by atoms with van der Waals surface area (Å²) >= 11 is 1.48. The van der Waals surface area contributed by atoms with E-state index in [-0.39, 0.29) is 17.4 Å². The topological polar surface area (TPSA) is 96.1 Å². The van der Waals surface area contributed by atoms with Gasteiger partial charge in [-0.25, -0.2) is 4.98 Å². The highest BCUT2D eigenvalue weighted by atomic mass is 32.1. The molecule has 0 aliphatic carbocycles. The van der Waals surface area contributed by atoms with Gasteiger partial charge in [0.25, 0.3) is 5.91 Å². The van der Waals surface area contributed by atoms with Gasteiger partial charge in [-0.15, -0.1) is 11.3 Å². The molecule has 0 saturated carbocycles. The van der Waals surface area contributed by atoms with Gasteiger partial charge in [0.1, 0.15) is 10.8 Å². The zero-order chi connectivity index (χ0) is 23.1. The second-order valence-electron chi connectivity index (χ2n) is 6.89. The Morgan fingerprint density at radius 2 is 1.75 bits per heavy atom. The Hall–Kier alpha value is -3.30. The summed E-state index contributed by atoms with van der Waals surface area (Å²) in [6, 6.07) is 9.19. The first-order chi connectivity index (χ1) is 15.5. The minimum atomic E-state index is -0.263. The van der Waals surface area contributed by atoms with E-state index in [2.05, 4.69) is 4.98 Å². The Balaban J connectivity index is 1.99. The molecule has 2 N–H and O–H groups in total. The van der Waals surface area contributed by atoms with Crippen LogP contribution in [-0.4, -0.2) is 50.7 Å². The van der Waals surface area contributed by atoms with E-state index in [1.54, 1.807) is 24.2 Å². The van der Waals surface area contributed by atoms with Crippen molar-refractivity contribution < 1.29 is 23.7 Å². The zero-order valence-electron chi connectivity index (χ0n) is 18.6. The van der Waals surface area contributed by atoms with Gasteiger partial charge >= 0.3 is 0 Å². The summed E-state index contributed by atoms with van der Waals surface area (Å²) in [7, 11) is 6.17. The first-order valence-electron chi connectivity index (χ1n) is 9.96. The molecule has 3 rings (SSSR count). The van der Waals surface area contributed by atoms with E-state index in [1.807, 2.05) is 29.6 Å². The summed E-state index contributed by atoms with van der Waals surface area (Å²) in [5.41, 5.74) is 7.02. The Morgan fingerprint density at radius 1 is 1.06 bits per heavy atom. The van der Waals surface area contributed by atoms with Crippen molar-refractivity contribution in [1.29, 1.82) is 0 Å². The van der Waals surface area contributed by atoms with Crippen molar-refractivity contribution in [2.45, 2.75) is 13.0 Å². The predicted octanol–water partition coefficient (Wildman–Crippen LogP) is 3.73. The number of benzene rings is 2. The van der Waals surface area contributed by atoms with E-state index in [4.69, 9.17) is 24.7 Å². The highest BCUT2D eigenvalue weighted by molar-refractivity contribution is 7.09. The number of amides is 1. The lowest BCUT2D eigenvalue weighted by atomic mass is 10.1. The highest BCUT2D eigenvalue weighted by Crippen LogP contribution is 2.48. The van der Waals surface area contributed by atoms with E-state index in [0.29, 0.717) is 35.9 Å². The van der Waals surface area contributed by atoms with Gasteiger partial charge in [-0.3, -0.25) is 4.79 Å². The maximum absolute atomic E-state index is 13.3. The van der Waals surface area contributed by atoms with E-state index >= 15 is 0 Å². The molecule has 1 amide bonds. The summed E-state index contributed by atoms with van der Waals surface area (Å²) < 4.78 is 22.7. The Kier molecular flexibility index (Phi) is 7.91. The fraction of sp³-hybridized carbons (Fsp3) is 0.304. The van der Waals surface area contributed by atoms with Gasteiger partial charge in [-0.05, 0) is 30.7 Å². The number of nitrogens with two attached hydrogens (primary N) is 1. The Morgan fingerprint density at radius 3 is 2.31 bits per heavy atom.